The van der Waals surface area contributed by atoms with Gasteiger partial charge in [-0.05, 0) is 54.2 Å². The number of carbonyl (C=O) groups is 1. The van der Waals surface area contributed by atoms with Gasteiger partial charge in [0.25, 0.3) is 0 Å². The van der Waals surface area contributed by atoms with Crippen molar-refractivity contribution in [3.63, 3.8) is 0 Å². The van der Waals surface area contributed by atoms with E-state index in [4.69, 9.17) is 5.11 Å². The van der Waals surface area contributed by atoms with Crippen LogP contribution in [0.1, 0.15) is 75.3 Å². The number of phenols is 2. The normalized spacial score (nSPS) is 20.6. The predicted octanol–water partition coefficient (Wildman–Crippen LogP) is 6.45. The maximum Gasteiger partial charge on any atom is 0.303 e. The summed E-state index contributed by atoms with van der Waals surface area (Å²) < 4.78 is 0. The molecule has 0 radical (unpaired) electrons. The fraction of sp³-hybridized carbons (Fsp3) is 0.480. The van der Waals surface area contributed by atoms with Gasteiger partial charge in [-0.15, -0.1) is 11.8 Å². The highest BCUT2D eigenvalue weighted by atomic mass is 32.2. The number of unbranched alkanes of at least 4 members (excludes halogenated alkanes) is 5. The van der Waals surface area contributed by atoms with E-state index in [1.807, 2.05) is 18.2 Å². The molecule has 0 aliphatic carbocycles. The van der Waals surface area contributed by atoms with Crippen LogP contribution in [0, 0.1) is 0 Å². The molecule has 162 valence electrons. The number of rotatable bonds is 10. The molecule has 0 spiro atoms. The summed E-state index contributed by atoms with van der Waals surface area (Å²) in [6, 6.07) is 13.4. The number of benzene rings is 2. The Morgan fingerprint density at radius 1 is 0.967 bits per heavy atom. The lowest BCUT2D eigenvalue weighted by atomic mass is 9.68. The van der Waals surface area contributed by atoms with E-state index in [9.17, 15) is 15.0 Å². The second-order valence-electron chi connectivity index (χ2n) is 8.58. The van der Waals surface area contributed by atoms with Crippen LogP contribution >= 0.6 is 11.8 Å². The molecule has 0 bridgehead atoms. The summed E-state index contributed by atoms with van der Waals surface area (Å²) in [6.07, 6.45) is 7.61. The number of hydrogen-bond acceptors (Lipinski definition) is 4. The molecule has 0 amide bonds. The molecule has 1 aliphatic heterocycles. The number of carboxylic acids is 1. The highest BCUT2D eigenvalue weighted by Gasteiger charge is 2.41. The van der Waals surface area contributed by atoms with E-state index in [1.165, 1.54) is 16.0 Å². The van der Waals surface area contributed by atoms with Gasteiger partial charge < -0.3 is 15.3 Å². The van der Waals surface area contributed by atoms with Crippen LogP contribution in [0.3, 0.4) is 0 Å². The van der Waals surface area contributed by atoms with Gasteiger partial charge in [-0.2, -0.15) is 0 Å². The van der Waals surface area contributed by atoms with Crippen molar-refractivity contribution in [3.05, 3.63) is 53.6 Å². The van der Waals surface area contributed by atoms with Crippen molar-refractivity contribution >= 4 is 17.7 Å². The van der Waals surface area contributed by atoms with E-state index < -0.39 is 5.97 Å². The number of hydrogen-bond donors (Lipinski definition) is 3. The summed E-state index contributed by atoms with van der Waals surface area (Å²) in [5.74, 6) is 1.19. The van der Waals surface area contributed by atoms with Crippen LogP contribution in [0.15, 0.2) is 47.4 Å². The van der Waals surface area contributed by atoms with Crippen molar-refractivity contribution in [1.29, 1.82) is 0 Å². The zero-order chi connectivity index (χ0) is 21.6. The standard InChI is InChI=1S/C25H32O4S/c1-25(18-10-12-19(26)13-11-18)17-30-23-16-20(27)14-15-21(23)22(25)8-6-4-2-3-5-7-9-24(28)29/h10-16,22,26-27H,2-9,17H2,1H3,(H,28,29)/t22-,25-/m1/s1. The maximum absolute atomic E-state index is 10.6. The molecule has 5 heteroatoms. The highest BCUT2D eigenvalue weighted by molar-refractivity contribution is 7.99. The lowest BCUT2D eigenvalue weighted by molar-refractivity contribution is -0.137. The first kappa shape index (κ1) is 22.5. The lowest BCUT2D eigenvalue weighted by Crippen LogP contribution is -2.36. The minimum Gasteiger partial charge on any atom is -0.508 e. The molecule has 0 fully saturated rings. The Hall–Kier alpha value is -2.14. The molecular weight excluding hydrogens is 396 g/mol. The molecule has 3 rings (SSSR count). The molecule has 30 heavy (non-hydrogen) atoms. The number of aliphatic carboxylic acids is 1. The molecule has 2 atom stereocenters. The number of thioether (sulfide) groups is 1. The molecular formula is C25H32O4S. The average Bonchev–Trinajstić information content (AvgIpc) is 2.71. The van der Waals surface area contributed by atoms with Crippen LogP contribution in [0.5, 0.6) is 11.5 Å². The van der Waals surface area contributed by atoms with Crippen LogP contribution < -0.4 is 0 Å². The van der Waals surface area contributed by atoms with E-state index in [0.29, 0.717) is 11.7 Å². The molecule has 0 saturated carbocycles. The molecule has 0 saturated heterocycles. The van der Waals surface area contributed by atoms with E-state index >= 15 is 0 Å². The third-order valence-corrected chi connectivity index (χ3v) is 7.74. The predicted molar refractivity (Wildman–Crippen MR) is 122 cm³/mol. The Morgan fingerprint density at radius 2 is 1.60 bits per heavy atom. The van der Waals surface area contributed by atoms with Gasteiger partial charge in [0.15, 0.2) is 0 Å². The van der Waals surface area contributed by atoms with E-state index in [0.717, 1.165) is 50.7 Å². The first-order valence-electron chi connectivity index (χ1n) is 10.9. The Labute approximate surface area is 183 Å². The smallest absolute Gasteiger partial charge is 0.303 e. The number of fused-ring (bicyclic) bond motifs is 1. The van der Waals surface area contributed by atoms with Crippen molar-refractivity contribution in [2.75, 3.05) is 5.75 Å². The Kier molecular flexibility index (Phi) is 7.70. The molecule has 4 nitrogen and oxygen atoms in total. The zero-order valence-corrected chi connectivity index (χ0v) is 18.5. The van der Waals surface area contributed by atoms with Crippen molar-refractivity contribution in [3.8, 4) is 11.5 Å². The summed E-state index contributed by atoms with van der Waals surface area (Å²) in [5.41, 5.74) is 2.51. The quantitative estimate of drug-likeness (QED) is 0.379. The molecule has 2 aromatic rings. The number of carboxylic acid groups (broad SMARTS) is 1. The van der Waals surface area contributed by atoms with E-state index in [-0.39, 0.29) is 17.6 Å². The Morgan fingerprint density at radius 3 is 2.30 bits per heavy atom. The second kappa shape index (κ2) is 10.3. The van der Waals surface area contributed by atoms with Crippen molar-refractivity contribution < 1.29 is 20.1 Å². The van der Waals surface area contributed by atoms with Gasteiger partial charge in [-0.25, -0.2) is 0 Å². The van der Waals surface area contributed by atoms with Gasteiger partial charge in [0, 0.05) is 22.5 Å². The Balaban J connectivity index is 1.67. The van der Waals surface area contributed by atoms with Gasteiger partial charge in [0.2, 0.25) is 0 Å². The SMILES string of the molecule is C[C@]1(c2ccc(O)cc2)CSc2cc(O)ccc2[C@H]1CCCCCCCCC(=O)O. The minimum absolute atomic E-state index is 0.0379. The van der Waals surface area contributed by atoms with Crippen LogP contribution in [0.25, 0.3) is 0 Å². The van der Waals surface area contributed by atoms with Gasteiger partial charge in [-0.1, -0.05) is 57.2 Å². The molecule has 2 aromatic carbocycles. The zero-order valence-electron chi connectivity index (χ0n) is 17.6. The Bertz CT molecular complexity index is 849. The summed E-state index contributed by atoms with van der Waals surface area (Å²) in [4.78, 5) is 11.8. The summed E-state index contributed by atoms with van der Waals surface area (Å²) in [5, 5.41) is 28.4. The fourth-order valence-corrected chi connectivity index (χ4v) is 5.94. The largest absolute Gasteiger partial charge is 0.508 e. The van der Waals surface area contributed by atoms with Crippen molar-refractivity contribution in [2.45, 2.75) is 74.5 Å². The van der Waals surface area contributed by atoms with Crippen LogP contribution in [0.4, 0.5) is 0 Å². The van der Waals surface area contributed by atoms with Gasteiger partial charge >= 0.3 is 5.97 Å². The molecule has 0 aromatic heterocycles. The second-order valence-corrected chi connectivity index (χ2v) is 9.60. The first-order chi connectivity index (χ1) is 14.4. The maximum atomic E-state index is 10.6. The van der Waals surface area contributed by atoms with E-state index in [2.05, 4.69) is 13.0 Å². The third kappa shape index (κ3) is 5.51. The van der Waals surface area contributed by atoms with Gasteiger partial charge in [-0.3, -0.25) is 4.79 Å². The highest BCUT2D eigenvalue weighted by Crippen LogP contribution is 2.52. The minimum atomic E-state index is -0.705. The van der Waals surface area contributed by atoms with Crippen LogP contribution in [-0.4, -0.2) is 27.0 Å². The number of aromatic hydroxyl groups is 2. The molecule has 1 aliphatic rings. The van der Waals surface area contributed by atoms with Crippen LogP contribution in [-0.2, 0) is 10.2 Å². The molecule has 0 unspecified atom stereocenters. The van der Waals surface area contributed by atoms with Crippen molar-refractivity contribution in [1.82, 2.24) is 0 Å². The molecule has 3 N–H and O–H groups in total. The van der Waals surface area contributed by atoms with Crippen molar-refractivity contribution in [2.24, 2.45) is 0 Å². The van der Waals surface area contributed by atoms with Gasteiger partial charge in [0.1, 0.15) is 11.5 Å². The van der Waals surface area contributed by atoms with Crippen LogP contribution in [0.2, 0.25) is 0 Å². The molecule has 1 heterocycles. The monoisotopic (exact) mass is 428 g/mol. The summed E-state index contributed by atoms with van der Waals surface area (Å²) >= 11 is 1.80. The van der Waals surface area contributed by atoms with E-state index in [1.54, 1.807) is 30.0 Å². The third-order valence-electron chi connectivity index (χ3n) is 6.33. The first-order valence-corrected chi connectivity index (χ1v) is 11.9. The topological polar surface area (TPSA) is 77.8 Å². The number of phenolic OH excluding ortho intramolecular Hbond substituents is 2. The van der Waals surface area contributed by atoms with Gasteiger partial charge in [0.05, 0.1) is 0 Å². The lowest BCUT2D eigenvalue weighted by Gasteiger charge is -2.43. The summed E-state index contributed by atoms with van der Waals surface area (Å²) in [7, 11) is 0. The summed E-state index contributed by atoms with van der Waals surface area (Å²) in [6.45, 7) is 2.32. The average molecular weight is 429 g/mol. The fourth-order valence-electron chi connectivity index (χ4n) is 4.54.